The number of esters is 1. The van der Waals surface area contributed by atoms with E-state index in [4.69, 9.17) is 14.2 Å². The second-order valence-electron chi connectivity index (χ2n) is 7.99. The molecule has 38 heavy (non-hydrogen) atoms. The minimum Gasteiger partial charge on any atom is -0.493 e. The molecule has 4 rings (SSSR count). The van der Waals surface area contributed by atoms with Gasteiger partial charge in [-0.3, -0.25) is 14.5 Å². The van der Waals surface area contributed by atoms with E-state index in [0.717, 1.165) is 0 Å². The number of hydrogen-bond donors (Lipinski definition) is 1. The van der Waals surface area contributed by atoms with E-state index in [2.05, 4.69) is 10.3 Å². The van der Waals surface area contributed by atoms with Crippen molar-refractivity contribution in [1.29, 1.82) is 0 Å². The van der Waals surface area contributed by atoms with Gasteiger partial charge in [-0.25, -0.2) is 9.79 Å². The largest absolute Gasteiger partial charge is 0.493 e. The van der Waals surface area contributed by atoms with Gasteiger partial charge >= 0.3 is 5.97 Å². The van der Waals surface area contributed by atoms with Crippen LogP contribution in [0.4, 0.5) is 11.4 Å². The fraction of sp³-hybridized carbons (Fsp3) is 0.143. The highest BCUT2D eigenvalue weighted by Crippen LogP contribution is 2.37. The molecule has 0 aromatic heterocycles. The van der Waals surface area contributed by atoms with Gasteiger partial charge in [0, 0.05) is 18.3 Å². The lowest BCUT2D eigenvalue weighted by Gasteiger charge is -2.13. The van der Waals surface area contributed by atoms with Gasteiger partial charge in [-0.2, -0.15) is 0 Å². The van der Waals surface area contributed by atoms with Gasteiger partial charge in [0.05, 0.1) is 30.4 Å². The van der Waals surface area contributed by atoms with Gasteiger partial charge in [-0.05, 0) is 54.2 Å². The molecule has 0 bridgehead atoms. The second-order valence-corrected chi connectivity index (χ2v) is 9.00. The molecule has 1 saturated heterocycles. The molecular weight excluding hydrogens is 506 g/mol. The maximum atomic E-state index is 13.0. The van der Waals surface area contributed by atoms with Gasteiger partial charge in [0.15, 0.2) is 23.3 Å². The van der Waals surface area contributed by atoms with Crippen molar-refractivity contribution in [3.8, 4) is 11.5 Å². The first kappa shape index (κ1) is 26.5. The third-order valence-electron chi connectivity index (χ3n) is 5.42. The molecule has 2 amide bonds. The molecule has 1 heterocycles. The molecule has 0 aliphatic carbocycles. The molecule has 0 saturated carbocycles. The number of carbonyl (C=O) groups is 3. The monoisotopic (exact) mass is 531 g/mol. The fourth-order valence-corrected chi connectivity index (χ4v) is 4.52. The van der Waals surface area contributed by atoms with Crippen molar-refractivity contribution in [1.82, 2.24) is 4.90 Å². The summed E-state index contributed by atoms with van der Waals surface area (Å²) in [5.74, 6) is -0.315. The van der Waals surface area contributed by atoms with E-state index in [1.54, 1.807) is 67.7 Å². The number of hydrogen-bond acceptors (Lipinski definition) is 8. The molecule has 1 aliphatic heterocycles. The normalized spacial score (nSPS) is 15.0. The summed E-state index contributed by atoms with van der Waals surface area (Å²) >= 11 is 1.18. The Labute approximate surface area is 224 Å². The lowest BCUT2D eigenvalue weighted by molar-refractivity contribution is -0.121. The van der Waals surface area contributed by atoms with Crippen LogP contribution in [0.5, 0.6) is 11.5 Å². The van der Waals surface area contributed by atoms with Crippen molar-refractivity contribution < 1.29 is 28.6 Å². The van der Waals surface area contributed by atoms with Crippen LogP contribution in [0.25, 0.3) is 6.08 Å². The fourth-order valence-electron chi connectivity index (χ4n) is 3.54. The summed E-state index contributed by atoms with van der Waals surface area (Å²) in [4.78, 5) is 43.7. The Morgan fingerprint density at radius 3 is 2.53 bits per heavy atom. The van der Waals surface area contributed by atoms with E-state index < -0.39 is 5.97 Å². The van der Waals surface area contributed by atoms with Gasteiger partial charge in [0.2, 0.25) is 0 Å². The molecule has 0 unspecified atom stereocenters. The van der Waals surface area contributed by atoms with Gasteiger partial charge in [-0.15, -0.1) is 0 Å². The number of para-hydroxylation sites is 2. The predicted molar refractivity (Wildman–Crippen MR) is 147 cm³/mol. The molecule has 3 aromatic rings. The number of carbonyl (C=O) groups excluding carboxylic acids is 3. The van der Waals surface area contributed by atoms with Gasteiger partial charge in [-0.1, -0.05) is 36.4 Å². The quantitative estimate of drug-likeness (QED) is 0.331. The number of thioether (sulfide) groups is 1. The van der Waals surface area contributed by atoms with Crippen LogP contribution in [-0.4, -0.2) is 55.7 Å². The zero-order chi connectivity index (χ0) is 27.1. The summed E-state index contributed by atoms with van der Waals surface area (Å²) in [6, 6.07) is 20.9. The summed E-state index contributed by atoms with van der Waals surface area (Å²) < 4.78 is 16.0. The molecule has 194 valence electrons. The van der Waals surface area contributed by atoms with E-state index in [1.807, 2.05) is 18.2 Å². The minimum atomic E-state index is -0.473. The first-order valence-corrected chi connectivity index (χ1v) is 12.3. The SMILES string of the molecule is COC(=O)c1cccc(N=C2SC(=Cc3cccc(OC)c3OCC(=O)Nc3ccccc3)C(=O)N2C)c1. The van der Waals surface area contributed by atoms with Crippen molar-refractivity contribution in [3.63, 3.8) is 0 Å². The Balaban J connectivity index is 1.56. The van der Waals surface area contributed by atoms with Crippen LogP contribution < -0.4 is 14.8 Å². The molecule has 9 nitrogen and oxygen atoms in total. The van der Waals surface area contributed by atoms with E-state index in [0.29, 0.717) is 44.1 Å². The van der Waals surface area contributed by atoms with Crippen LogP contribution in [-0.2, 0) is 14.3 Å². The molecule has 1 N–H and O–H groups in total. The Kier molecular flexibility index (Phi) is 8.44. The van der Waals surface area contributed by atoms with E-state index in [9.17, 15) is 14.4 Å². The third kappa shape index (κ3) is 6.22. The van der Waals surface area contributed by atoms with E-state index in [1.165, 1.54) is 30.9 Å². The molecular formula is C28H25N3O6S. The number of nitrogens with zero attached hydrogens (tertiary/aromatic N) is 2. The average molecular weight is 532 g/mol. The highest BCUT2D eigenvalue weighted by atomic mass is 32.2. The van der Waals surface area contributed by atoms with Crippen molar-refractivity contribution in [2.45, 2.75) is 0 Å². The predicted octanol–water partition coefficient (Wildman–Crippen LogP) is 4.73. The van der Waals surface area contributed by atoms with Crippen LogP contribution in [0.15, 0.2) is 82.7 Å². The Hall–Kier alpha value is -4.57. The number of methoxy groups -OCH3 is 2. The minimum absolute atomic E-state index is 0.254. The third-order valence-corrected chi connectivity index (χ3v) is 6.48. The maximum absolute atomic E-state index is 13.0. The Bertz CT molecular complexity index is 1420. The first-order chi connectivity index (χ1) is 18.4. The summed E-state index contributed by atoms with van der Waals surface area (Å²) in [6.45, 7) is -0.254. The Morgan fingerprint density at radius 2 is 1.79 bits per heavy atom. The van der Waals surface area contributed by atoms with Crippen molar-refractivity contribution >= 4 is 52.2 Å². The molecule has 10 heteroatoms. The van der Waals surface area contributed by atoms with Crippen LogP contribution in [0.1, 0.15) is 15.9 Å². The number of benzene rings is 3. The molecule has 1 aliphatic rings. The lowest BCUT2D eigenvalue weighted by Crippen LogP contribution is -2.23. The number of aliphatic imine (C=N–C) groups is 1. The van der Waals surface area contributed by atoms with Crippen LogP contribution in [0.3, 0.4) is 0 Å². The number of likely N-dealkylation sites (N-methyl/N-ethyl adjacent to an activating group) is 1. The summed E-state index contributed by atoms with van der Waals surface area (Å²) in [5, 5.41) is 3.21. The molecule has 0 atom stereocenters. The highest BCUT2D eigenvalue weighted by Gasteiger charge is 2.31. The standard InChI is InChI=1S/C28H25N3O6S/c1-31-26(33)23(38-28(31)30-21-13-7-10-19(15-21)27(34)36-3)16-18-9-8-14-22(35-2)25(18)37-17-24(32)29-20-11-5-4-6-12-20/h4-16H,17H2,1-3H3,(H,29,32). The summed E-state index contributed by atoms with van der Waals surface area (Å²) in [5.41, 5.74) is 2.08. The lowest BCUT2D eigenvalue weighted by atomic mass is 10.1. The van der Waals surface area contributed by atoms with E-state index >= 15 is 0 Å². The van der Waals surface area contributed by atoms with Crippen molar-refractivity contribution in [3.05, 3.63) is 88.8 Å². The molecule has 3 aromatic carbocycles. The maximum Gasteiger partial charge on any atom is 0.337 e. The smallest absolute Gasteiger partial charge is 0.337 e. The highest BCUT2D eigenvalue weighted by molar-refractivity contribution is 8.18. The van der Waals surface area contributed by atoms with E-state index in [-0.39, 0.29) is 18.4 Å². The second kappa shape index (κ2) is 12.1. The van der Waals surface area contributed by atoms with Gasteiger partial charge in [0.1, 0.15) is 0 Å². The number of amidine groups is 1. The van der Waals surface area contributed by atoms with Crippen LogP contribution >= 0.6 is 11.8 Å². The topological polar surface area (TPSA) is 107 Å². The number of nitrogens with one attached hydrogen (secondary N) is 1. The zero-order valence-electron chi connectivity index (χ0n) is 21.0. The number of anilines is 1. The van der Waals surface area contributed by atoms with Crippen LogP contribution in [0, 0.1) is 0 Å². The number of rotatable bonds is 8. The number of amides is 2. The molecule has 0 radical (unpaired) electrons. The summed E-state index contributed by atoms with van der Waals surface area (Å²) in [6.07, 6.45) is 1.67. The Morgan fingerprint density at radius 1 is 1.03 bits per heavy atom. The van der Waals surface area contributed by atoms with Gasteiger partial charge in [0.25, 0.3) is 11.8 Å². The molecule has 0 spiro atoms. The zero-order valence-corrected chi connectivity index (χ0v) is 21.8. The first-order valence-electron chi connectivity index (χ1n) is 11.5. The van der Waals surface area contributed by atoms with Crippen molar-refractivity contribution in [2.75, 3.05) is 33.2 Å². The molecule has 1 fully saturated rings. The number of ether oxygens (including phenoxy) is 3. The average Bonchev–Trinajstić information content (AvgIpc) is 3.19. The van der Waals surface area contributed by atoms with Gasteiger partial charge < -0.3 is 19.5 Å². The van der Waals surface area contributed by atoms with Crippen LogP contribution in [0.2, 0.25) is 0 Å². The van der Waals surface area contributed by atoms with Crippen molar-refractivity contribution in [2.24, 2.45) is 4.99 Å². The summed E-state index contributed by atoms with van der Waals surface area (Å²) in [7, 11) is 4.43.